The van der Waals surface area contributed by atoms with Crippen LogP contribution in [0.3, 0.4) is 0 Å². The summed E-state index contributed by atoms with van der Waals surface area (Å²) < 4.78 is 12.8. The van der Waals surface area contributed by atoms with Crippen LogP contribution in [-0.2, 0) is 16.5 Å². The van der Waals surface area contributed by atoms with Gasteiger partial charge in [-0.1, -0.05) is 0 Å². The fourth-order valence-corrected chi connectivity index (χ4v) is 3.55. The maximum atomic E-state index is 13.0. The second-order valence-corrected chi connectivity index (χ2v) is 9.00. The van der Waals surface area contributed by atoms with Crippen molar-refractivity contribution in [2.45, 2.75) is 26.4 Å². The van der Waals surface area contributed by atoms with Crippen molar-refractivity contribution in [3.05, 3.63) is 51.0 Å². The van der Waals surface area contributed by atoms with Gasteiger partial charge in [0.2, 0.25) is 0 Å². The van der Waals surface area contributed by atoms with E-state index < -0.39 is 17.3 Å². The molecule has 0 aromatic carbocycles. The molecule has 0 unspecified atom stereocenters. The van der Waals surface area contributed by atoms with Crippen LogP contribution in [-0.4, -0.2) is 58.4 Å². The molecule has 0 N–H and O–H groups in total. The molecule has 31 heavy (non-hydrogen) atoms. The van der Waals surface area contributed by atoms with E-state index in [9.17, 15) is 14.4 Å². The predicted molar refractivity (Wildman–Crippen MR) is 119 cm³/mol. The summed E-state index contributed by atoms with van der Waals surface area (Å²) in [5.41, 5.74) is -0.717. The number of ether oxygens (including phenoxy) is 2. The highest BCUT2D eigenvalue weighted by Gasteiger charge is 2.29. The van der Waals surface area contributed by atoms with E-state index in [0.29, 0.717) is 36.3 Å². The average molecular weight is 493 g/mol. The first-order valence-electron chi connectivity index (χ1n) is 9.79. The quantitative estimate of drug-likeness (QED) is 0.653. The molecule has 0 spiro atoms. The first kappa shape index (κ1) is 23.0. The van der Waals surface area contributed by atoms with Gasteiger partial charge in [0, 0.05) is 37.0 Å². The van der Waals surface area contributed by atoms with Crippen molar-refractivity contribution in [3.63, 3.8) is 0 Å². The van der Waals surface area contributed by atoms with Crippen molar-refractivity contribution >= 4 is 39.4 Å². The summed E-state index contributed by atoms with van der Waals surface area (Å²) in [6.45, 7) is 7.22. The molecule has 3 rings (SSSR count). The summed E-state index contributed by atoms with van der Waals surface area (Å²) in [4.78, 5) is 45.6. The maximum absolute atomic E-state index is 13.0. The fourth-order valence-electron chi connectivity index (χ4n) is 3.03. The van der Waals surface area contributed by atoms with E-state index in [0.717, 1.165) is 4.90 Å². The molecular weight excluding hydrogens is 468 g/mol. The van der Waals surface area contributed by atoms with Crippen LogP contribution >= 0.6 is 15.9 Å². The Kier molecular flexibility index (Phi) is 6.80. The van der Waals surface area contributed by atoms with Gasteiger partial charge in [0.1, 0.15) is 17.1 Å². The number of halogens is 1. The van der Waals surface area contributed by atoms with E-state index in [-0.39, 0.29) is 17.4 Å². The molecule has 2 amide bonds. The molecule has 0 atom stereocenters. The van der Waals surface area contributed by atoms with Gasteiger partial charge in [-0.2, -0.15) is 0 Å². The summed E-state index contributed by atoms with van der Waals surface area (Å²) in [7, 11) is 1.58. The van der Waals surface area contributed by atoms with Crippen LogP contribution in [0.2, 0.25) is 0 Å². The van der Waals surface area contributed by atoms with Crippen molar-refractivity contribution < 1.29 is 19.1 Å². The van der Waals surface area contributed by atoms with Crippen LogP contribution in [0.25, 0.3) is 0 Å². The van der Waals surface area contributed by atoms with Crippen molar-refractivity contribution in [1.82, 2.24) is 14.5 Å². The highest BCUT2D eigenvalue weighted by molar-refractivity contribution is 9.10. The number of carbonyl (C=O) groups excluding carboxylic acids is 2. The lowest BCUT2D eigenvalue weighted by atomic mass is 10.2. The monoisotopic (exact) mass is 492 g/mol. The Labute approximate surface area is 188 Å². The van der Waals surface area contributed by atoms with Crippen molar-refractivity contribution in [2.75, 3.05) is 31.2 Å². The van der Waals surface area contributed by atoms with Crippen molar-refractivity contribution in [1.29, 1.82) is 0 Å². The number of carbonyl (C=O) groups is 2. The lowest BCUT2D eigenvalue weighted by Crippen LogP contribution is -2.40. The molecule has 3 heterocycles. The van der Waals surface area contributed by atoms with Gasteiger partial charge in [-0.3, -0.25) is 9.59 Å². The van der Waals surface area contributed by atoms with E-state index >= 15 is 0 Å². The number of hydrogen-bond acceptors (Lipinski definition) is 6. The number of nitrogens with zero attached hydrogens (tertiary/aromatic N) is 4. The first-order chi connectivity index (χ1) is 14.6. The summed E-state index contributed by atoms with van der Waals surface area (Å²) in [6, 6.07) is 4.64. The van der Waals surface area contributed by atoms with Crippen LogP contribution in [0.4, 0.5) is 16.3 Å². The third-order valence-electron chi connectivity index (χ3n) is 4.47. The Hall–Kier alpha value is -2.72. The number of aromatic nitrogens is 2. The van der Waals surface area contributed by atoms with Crippen LogP contribution in [0.15, 0.2) is 39.9 Å². The van der Waals surface area contributed by atoms with Crippen LogP contribution in [0.5, 0.6) is 0 Å². The molecule has 0 aliphatic carbocycles. The summed E-state index contributed by atoms with van der Waals surface area (Å²) in [5, 5.41) is 0. The van der Waals surface area contributed by atoms with Gasteiger partial charge in [-0.15, -0.1) is 0 Å². The zero-order chi connectivity index (χ0) is 22.8. The van der Waals surface area contributed by atoms with Crippen LogP contribution < -0.4 is 10.5 Å². The Morgan fingerprint density at radius 1 is 1.23 bits per heavy atom. The summed E-state index contributed by atoms with van der Waals surface area (Å²) in [6.07, 6.45) is 2.24. The third-order valence-corrected chi connectivity index (χ3v) is 4.90. The number of amides is 2. The molecule has 10 heteroatoms. The van der Waals surface area contributed by atoms with Gasteiger partial charge in [0.25, 0.3) is 11.5 Å². The van der Waals surface area contributed by atoms with E-state index in [1.807, 2.05) is 0 Å². The number of anilines is 2. The Morgan fingerprint density at radius 3 is 2.48 bits per heavy atom. The molecule has 2 aromatic rings. The normalized spacial score (nSPS) is 14.3. The van der Waals surface area contributed by atoms with Gasteiger partial charge >= 0.3 is 6.09 Å². The van der Waals surface area contributed by atoms with E-state index in [1.165, 1.54) is 22.9 Å². The second-order valence-electron chi connectivity index (χ2n) is 8.09. The minimum atomic E-state index is -0.779. The third kappa shape index (κ3) is 5.50. The molecule has 9 nitrogen and oxygen atoms in total. The zero-order valence-corrected chi connectivity index (χ0v) is 19.5. The minimum absolute atomic E-state index is 0.0749. The lowest BCUT2D eigenvalue weighted by molar-refractivity contribution is 0.0302. The molecule has 0 bridgehead atoms. The molecular formula is C21H25BrN4O5. The SMILES string of the molecule is Cn1cc(Br)cc(N(C(=O)OC(C)(C)C)c2ccc(C(=O)N3CCOCC3)cn2)c1=O. The highest BCUT2D eigenvalue weighted by atomic mass is 79.9. The highest BCUT2D eigenvalue weighted by Crippen LogP contribution is 2.26. The Morgan fingerprint density at radius 2 is 1.90 bits per heavy atom. The van der Waals surface area contributed by atoms with E-state index in [4.69, 9.17) is 9.47 Å². The largest absolute Gasteiger partial charge is 0.443 e. The van der Waals surface area contributed by atoms with Gasteiger partial charge in [0.15, 0.2) is 0 Å². The molecule has 1 fully saturated rings. The summed E-state index contributed by atoms with van der Waals surface area (Å²) >= 11 is 3.35. The van der Waals surface area contributed by atoms with Crippen molar-refractivity contribution in [3.8, 4) is 0 Å². The topological polar surface area (TPSA) is 94.0 Å². The number of morpholine rings is 1. The number of hydrogen-bond donors (Lipinski definition) is 0. The Balaban J connectivity index is 1.99. The number of aryl methyl sites for hydroxylation is 1. The number of rotatable bonds is 3. The van der Waals surface area contributed by atoms with E-state index in [2.05, 4.69) is 20.9 Å². The zero-order valence-electron chi connectivity index (χ0n) is 17.9. The molecule has 1 saturated heterocycles. The number of pyridine rings is 2. The minimum Gasteiger partial charge on any atom is -0.443 e. The van der Waals surface area contributed by atoms with E-state index in [1.54, 1.807) is 45.0 Å². The molecule has 0 radical (unpaired) electrons. The molecule has 2 aromatic heterocycles. The molecule has 1 aliphatic heterocycles. The predicted octanol–water partition coefficient (Wildman–Crippen LogP) is 3.09. The first-order valence-corrected chi connectivity index (χ1v) is 10.6. The van der Waals surface area contributed by atoms with Gasteiger partial charge in [-0.05, 0) is 54.9 Å². The molecule has 166 valence electrons. The Bertz CT molecular complexity index is 1020. The average Bonchev–Trinajstić information content (AvgIpc) is 2.71. The lowest BCUT2D eigenvalue weighted by Gasteiger charge is -2.28. The van der Waals surface area contributed by atoms with Gasteiger partial charge in [0.05, 0.1) is 18.8 Å². The smallest absolute Gasteiger partial charge is 0.420 e. The van der Waals surface area contributed by atoms with Crippen LogP contribution in [0.1, 0.15) is 31.1 Å². The van der Waals surface area contributed by atoms with Crippen LogP contribution in [0, 0.1) is 0 Å². The summed E-state index contributed by atoms with van der Waals surface area (Å²) in [5.74, 6) is 0.00696. The second kappa shape index (κ2) is 9.19. The van der Waals surface area contributed by atoms with Gasteiger partial charge < -0.3 is 18.9 Å². The van der Waals surface area contributed by atoms with Gasteiger partial charge in [-0.25, -0.2) is 14.7 Å². The van der Waals surface area contributed by atoms with Crippen molar-refractivity contribution in [2.24, 2.45) is 7.05 Å². The molecule has 0 saturated carbocycles. The molecule has 1 aliphatic rings. The standard InChI is InChI=1S/C21H25BrN4O5/c1-21(2,3)31-20(29)26(16-11-15(22)13-24(4)19(16)28)17-6-5-14(12-23-17)18(27)25-7-9-30-10-8-25/h5-6,11-13H,7-10H2,1-4H3. The fraction of sp³-hybridized carbons (Fsp3) is 0.429. The maximum Gasteiger partial charge on any atom is 0.420 e.